The Morgan fingerprint density at radius 2 is 2.09 bits per heavy atom. The molecule has 1 aliphatic carbocycles. The van der Waals surface area contributed by atoms with Crippen LogP contribution < -0.4 is 10.2 Å². The molecule has 0 unspecified atom stereocenters. The number of fused-ring (bicyclic) bond motifs is 1. The van der Waals surface area contributed by atoms with Crippen molar-refractivity contribution < 1.29 is 9.59 Å². The molecule has 1 amide bonds. The monoisotopic (exact) mass is 442 g/mol. The van der Waals surface area contributed by atoms with Gasteiger partial charge in [-0.2, -0.15) is 5.26 Å². The molecular formula is C25H22N4O2S. The van der Waals surface area contributed by atoms with Crippen LogP contribution in [0.25, 0.3) is 0 Å². The van der Waals surface area contributed by atoms with Gasteiger partial charge in [0.2, 0.25) is 5.91 Å². The van der Waals surface area contributed by atoms with E-state index < -0.39 is 5.92 Å². The summed E-state index contributed by atoms with van der Waals surface area (Å²) in [5, 5.41) is 14.1. The van der Waals surface area contributed by atoms with E-state index in [1.54, 1.807) is 12.4 Å². The van der Waals surface area contributed by atoms with E-state index in [1.165, 1.54) is 17.3 Å². The summed E-state index contributed by atoms with van der Waals surface area (Å²) in [7, 11) is 0. The zero-order chi connectivity index (χ0) is 22.1. The van der Waals surface area contributed by atoms with Crippen molar-refractivity contribution in [3.8, 4) is 6.07 Å². The Balaban J connectivity index is 1.44. The lowest BCUT2D eigenvalue weighted by molar-refractivity contribution is -0.117. The molecule has 1 atom stereocenters. The van der Waals surface area contributed by atoms with Gasteiger partial charge < -0.3 is 10.2 Å². The number of nitrogens with zero attached hydrogens (tertiary/aromatic N) is 3. The van der Waals surface area contributed by atoms with E-state index in [0.29, 0.717) is 29.1 Å². The number of pyridine rings is 1. The number of hydrogen-bond donors (Lipinski definition) is 1. The van der Waals surface area contributed by atoms with Gasteiger partial charge in [-0.3, -0.25) is 14.6 Å². The molecule has 1 aromatic heterocycles. The lowest BCUT2D eigenvalue weighted by Gasteiger charge is -2.33. The number of Topliss-reactive ketones (excluding diaryl/α,β-unsaturated/α-hetero) is 1. The Morgan fingerprint density at radius 3 is 2.91 bits per heavy atom. The zero-order valence-corrected chi connectivity index (χ0v) is 18.3. The number of allylic oxidation sites excluding steroid dienone is 3. The molecule has 2 aromatic rings. The van der Waals surface area contributed by atoms with Crippen molar-refractivity contribution in [2.24, 2.45) is 0 Å². The van der Waals surface area contributed by atoms with Crippen molar-refractivity contribution in [1.82, 2.24) is 10.3 Å². The van der Waals surface area contributed by atoms with E-state index in [4.69, 9.17) is 0 Å². The molecule has 6 nitrogen and oxygen atoms in total. The number of anilines is 1. The Bertz CT molecular complexity index is 1200. The second-order valence-corrected chi connectivity index (χ2v) is 9.07. The lowest BCUT2D eigenvalue weighted by Crippen LogP contribution is -2.33. The van der Waals surface area contributed by atoms with Gasteiger partial charge in [0.1, 0.15) is 0 Å². The third-order valence-corrected chi connectivity index (χ3v) is 7.21. The third-order valence-electron chi connectivity index (χ3n) is 6.21. The lowest BCUT2D eigenvalue weighted by atomic mass is 9.77. The van der Waals surface area contributed by atoms with Gasteiger partial charge in [-0.05, 0) is 42.5 Å². The SMILES string of the molecule is N#CC1=C(SCC(=O)N2CCc3ccccc32)NC2=C(C(=O)CCC2)[C@H]1c1cccnc1. The van der Waals surface area contributed by atoms with E-state index in [9.17, 15) is 14.9 Å². The molecule has 0 saturated heterocycles. The van der Waals surface area contributed by atoms with Gasteiger partial charge in [-0.1, -0.05) is 36.0 Å². The number of carbonyl (C=O) groups is 2. The molecule has 0 radical (unpaired) electrons. The van der Waals surface area contributed by atoms with Crippen molar-refractivity contribution in [2.75, 3.05) is 17.2 Å². The minimum atomic E-state index is -0.442. The average molecular weight is 443 g/mol. The van der Waals surface area contributed by atoms with Crippen LogP contribution >= 0.6 is 11.8 Å². The predicted molar refractivity (Wildman–Crippen MR) is 124 cm³/mol. The molecule has 0 bridgehead atoms. The van der Waals surface area contributed by atoms with Crippen molar-refractivity contribution in [1.29, 1.82) is 5.26 Å². The molecule has 0 saturated carbocycles. The van der Waals surface area contributed by atoms with Crippen LogP contribution in [0.3, 0.4) is 0 Å². The first-order valence-corrected chi connectivity index (χ1v) is 11.7. The number of nitriles is 1. The molecule has 1 N–H and O–H groups in total. The van der Waals surface area contributed by atoms with Crippen LogP contribution in [0.4, 0.5) is 5.69 Å². The average Bonchev–Trinajstić information content (AvgIpc) is 3.26. The number of hydrogen-bond acceptors (Lipinski definition) is 6. The molecule has 7 heteroatoms. The highest BCUT2D eigenvalue weighted by molar-refractivity contribution is 8.03. The highest BCUT2D eigenvalue weighted by Gasteiger charge is 2.37. The quantitative estimate of drug-likeness (QED) is 0.774. The van der Waals surface area contributed by atoms with Crippen LogP contribution in [-0.2, 0) is 16.0 Å². The summed E-state index contributed by atoms with van der Waals surface area (Å²) < 4.78 is 0. The standard InChI is InChI=1S/C25H22N4O2S/c26-13-18-23(17-6-4-11-27-14-17)24-19(7-3-9-21(24)30)28-25(18)32-15-22(31)29-12-10-16-5-1-2-8-20(16)29/h1-2,4-6,8,11,14,23,28H,3,7,9-10,12,15H2/t23-/m0/s1. The molecule has 2 aliphatic heterocycles. The number of dihydropyridines is 1. The Labute approximate surface area is 191 Å². The van der Waals surface area contributed by atoms with Crippen molar-refractivity contribution in [3.63, 3.8) is 0 Å². The second kappa shape index (κ2) is 8.64. The van der Waals surface area contributed by atoms with Crippen LogP contribution in [0.1, 0.15) is 36.3 Å². The second-order valence-electron chi connectivity index (χ2n) is 8.08. The summed E-state index contributed by atoms with van der Waals surface area (Å²) in [6.45, 7) is 0.679. The van der Waals surface area contributed by atoms with Crippen LogP contribution in [0.15, 0.2) is 70.7 Å². The largest absolute Gasteiger partial charge is 0.352 e. The van der Waals surface area contributed by atoms with E-state index in [1.807, 2.05) is 35.2 Å². The highest BCUT2D eigenvalue weighted by atomic mass is 32.2. The van der Waals surface area contributed by atoms with Crippen molar-refractivity contribution in [3.05, 3.63) is 81.8 Å². The molecule has 32 heavy (non-hydrogen) atoms. The smallest absolute Gasteiger partial charge is 0.237 e. The van der Waals surface area contributed by atoms with Crippen LogP contribution in [0.2, 0.25) is 0 Å². The number of rotatable bonds is 4. The van der Waals surface area contributed by atoms with Gasteiger partial charge in [0.15, 0.2) is 5.78 Å². The number of carbonyl (C=O) groups excluding carboxylic acids is 2. The molecular weight excluding hydrogens is 420 g/mol. The number of benzene rings is 1. The number of para-hydroxylation sites is 1. The molecule has 160 valence electrons. The number of ketones is 1. The van der Waals surface area contributed by atoms with Crippen LogP contribution in [0.5, 0.6) is 0 Å². The maximum absolute atomic E-state index is 13.0. The summed E-state index contributed by atoms with van der Waals surface area (Å²) in [4.78, 5) is 31.9. The molecule has 0 fully saturated rings. The highest BCUT2D eigenvalue weighted by Crippen LogP contribution is 2.43. The summed E-state index contributed by atoms with van der Waals surface area (Å²) in [5.74, 6) is -0.126. The minimum absolute atomic E-state index is 0.0176. The zero-order valence-electron chi connectivity index (χ0n) is 17.5. The fraction of sp³-hybridized carbons (Fsp3) is 0.280. The minimum Gasteiger partial charge on any atom is -0.352 e. The number of nitrogens with one attached hydrogen (secondary N) is 1. The first-order valence-electron chi connectivity index (χ1n) is 10.8. The summed E-state index contributed by atoms with van der Waals surface area (Å²) in [6, 6.07) is 14.0. The normalized spacial score (nSPS) is 19.9. The summed E-state index contributed by atoms with van der Waals surface area (Å²) in [5.41, 5.74) is 5.00. The first kappa shape index (κ1) is 20.5. The van der Waals surface area contributed by atoms with E-state index >= 15 is 0 Å². The summed E-state index contributed by atoms with van der Waals surface area (Å²) >= 11 is 1.34. The van der Waals surface area contributed by atoms with Crippen molar-refractivity contribution in [2.45, 2.75) is 31.6 Å². The van der Waals surface area contributed by atoms with Crippen molar-refractivity contribution >= 4 is 29.1 Å². The van der Waals surface area contributed by atoms with Gasteiger partial charge in [0.25, 0.3) is 0 Å². The first-order chi connectivity index (χ1) is 15.7. The van der Waals surface area contributed by atoms with Gasteiger partial charge in [-0.25, -0.2) is 0 Å². The fourth-order valence-corrected chi connectivity index (χ4v) is 5.66. The molecule has 5 rings (SSSR count). The maximum Gasteiger partial charge on any atom is 0.237 e. The van der Waals surface area contributed by atoms with Gasteiger partial charge >= 0.3 is 0 Å². The van der Waals surface area contributed by atoms with E-state index in [0.717, 1.165) is 36.2 Å². The molecule has 3 heterocycles. The molecule has 3 aliphatic rings. The number of thioether (sulfide) groups is 1. The van der Waals surface area contributed by atoms with E-state index in [2.05, 4.69) is 22.4 Å². The van der Waals surface area contributed by atoms with Gasteiger partial charge in [0, 0.05) is 42.3 Å². The Morgan fingerprint density at radius 1 is 1.22 bits per heavy atom. The van der Waals surface area contributed by atoms with Gasteiger partial charge in [-0.15, -0.1) is 0 Å². The van der Waals surface area contributed by atoms with Gasteiger partial charge in [0.05, 0.1) is 28.3 Å². The van der Waals surface area contributed by atoms with Crippen LogP contribution in [-0.4, -0.2) is 29.0 Å². The third kappa shape index (κ3) is 3.61. The maximum atomic E-state index is 13.0. The Kier molecular flexibility index (Phi) is 5.54. The number of amides is 1. The van der Waals surface area contributed by atoms with E-state index in [-0.39, 0.29) is 17.4 Å². The summed E-state index contributed by atoms with van der Waals surface area (Å²) in [6.07, 6.45) is 6.29. The molecule has 0 spiro atoms. The predicted octanol–water partition coefficient (Wildman–Crippen LogP) is 3.83. The fourth-order valence-electron chi connectivity index (χ4n) is 4.73. The topological polar surface area (TPSA) is 86.1 Å². The Hall–Kier alpha value is -3.37. The number of aromatic nitrogens is 1. The van der Waals surface area contributed by atoms with Crippen LogP contribution in [0, 0.1) is 11.3 Å². The molecule has 1 aromatic carbocycles.